The third kappa shape index (κ3) is 2.98. The van der Waals surface area contributed by atoms with Gasteiger partial charge in [-0.05, 0) is 50.3 Å². The Bertz CT molecular complexity index is 357. The lowest BCUT2D eigenvalue weighted by atomic mass is 9.91. The van der Waals surface area contributed by atoms with Crippen molar-refractivity contribution < 1.29 is 0 Å². The fraction of sp³-hybridized carbons (Fsp3) is 0.538. The molecule has 0 amide bonds. The van der Waals surface area contributed by atoms with E-state index >= 15 is 0 Å². The van der Waals surface area contributed by atoms with E-state index in [0.29, 0.717) is 12.1 Å². The summed E-state index contributed by atoms with van der Waals surface area (Å²) in [5.41, 5.74) is 8.46. The minimum absolute atomic E-state index is 0.418. The van der Waals surface area contributed by atoms with Gasteiger partial charge in [-0.25, -0.2) is 0 Å². The van der Waals surface area contributed by atoms with E-state index in [1.807, 2.05) is 0 Å². The molecule has 2 rings (SSSR count). The van der Waals surface area contributed by atoms with Crippen molar-refractivity contribution in [1.82, 2.24) is 0 Å². The monoisotopic (exact) mass is 282 g/mol. The zero-order valence-corrected chi connectivity index (χ0v) is 11.3. The molecule has 16 heavy (non-hydrogen) atoms. The van der Waals surface area contributed by atoms with Gasteiger partial charge in [0.15, 0.2) is 0 Å². The zero-order chi connectivity index (χ0) is 11.5. The van der Waals surface area contributed by atoms with Gasteiger partial charge in [-0.15, -0.1) is 0 Å². The molecule has 0 bridgehead atoms. The van der Waals surface area contributed by atoms with E-state index in [-0.39, 0.29) is 0 Å². The van der Waals surface area contributed by atoms with Crippen LogP contribution in [-0.4, -0.2) is 12.1 Å². The van der Waals surface area contributed by atoms with Crippen LogP contribution >= 0.6 is 15.9 Å². The van der Waals surface area contributed by atoms with Crippen molar-refractivity contribution in [3.63, 3.8) is 0 Å². The molecule has 1 aliphatic rings. The number of nitrogens with two attached hydrogens (primary N) is 1. The molecule has 1 saturated carbocycles. The molecule has 0 spiro atoms. The Hall–Kier alpha value is -0.540. The van der Waals surface area contributed by atoms with Crippen molar-refractivity contribution in [1.29, 1.82) is 0 Å². The van der Waals surface area contributed by atoms with Crippen molar-refractivity contribution in [2.45, 2.75) is 44.7 Å². The fourth-order valence-corrected chi connectivity index (χ4v) is 2.59. The average molecular weight is 283 g/mol. The summed E-state index contributed by atoms with van der Waals surface area (Å²) in [6, 6.07) is 7.39. The molecule has 0 saturated heterocycles. The number of aryl methyl sites for hydroxylation is 1. The first-order valence-corrected chi connectivity index (χ1v) is 6.73. The summed E-state index contributed by atoms with van der Waals surface area (Å²) in [5.74, 6) is 0. The zero-order valence-electron chi connectivity index (χ0n) is 9.67. The van der Waals surface area contributed by atoms with Gasteiger partial charge in [0.05, 0.1) is 0 Å². The number of hydrogen-bond donors (Lipinski definition) is 2. The standard InChI is InChI=1S/C13H19BrN2/c1-9-2-3-10(14)8-13(9)16-12-6-4-11(15)5-7-12/h2-3,8,11-12,16H,4-7,15H2,1H3. The summed E-state index contributed by atoms with van der Waals surface area (Å²) >= 11 is 3.51. The normalized spacial score (nSPS) is 25.4. The highest BCUT2D eigenvalue weighted by Gasteiger charge is 2.18. The van der Waals surface area contributed by atoms with E-state index in [1.165, 1.54) is 24.1 Å². The van der Waals surface area contributed by atoms with Gasteiger partial charge < -0.3 is 11.1 Å². The maximum atomic E-state index is 5.91. The van der Waals surface area contributed by atoms with E-state index in [2.05, 4.69) is 46.4 Å². The van der Waals surface area contributed by atoms with Crippen LogP contribution in [0, 0.1) is 6.92 Å². The van der Waals surface area contributed by atoms with E-state index in [0.717, 1.165) is 17.3 Å². The highest BCUT2D eigenvalue weighted by Crippen LogP contribution is 2.25. The van der Waals surface area contributed by atoms with E-state index in [9.17, 15) is 0 Å². The van der Waals surface area contributed by atoms with Crippen LogP contribution in [0.1, 0.15) is 31.2 Å². The SMILES string of the molecule is Cc1ccc(Br)cc1NC1CCC(N)CC1. The first-order chi connectivity index (χ1) is 7.65. The first-order valence-electron chi connectivity index (χ1n) is 5.93. The molecule has 0 heterocycles. The predicted octanol–water partition coefficient (Wildman–Crippen LogP) is 3.44. The Kier molecular flexibility index (Phi) is 3.87. The second-order valence-electron chi connectivity index (χ2n) is 4.72. The number of nitrogens with one attached hydrogen (secondary N) is 1. The van der Waals surface area contributed by atoms with Gasteiger partial charge in [-0.1, -0.05) is 22.0 Å². The highest BCUT2D eigenvalue weighted by atomic mass is 79.9. The number of anilines is 1. The quantitative estimate of drug-likeness (QED) is 0.872. The third-order valence-corrected chi connectivity index (χ3v) is 3.82. The van der Waals surface area contributed by atoms with Gasteiger partial charge in [-0.2, -0.15) is 0 Å². The van der Waals surface area contributed by atoms with E-state index in [4.69, 9.17) is 5.73 Å². The van der Waals surface area contributed by atoms with Crippen LogP contribution in [0.2, 0.25) is 0 Å². The predicted molar refractivity (Wildman–Crippen MR) is 72.7 cm³/mol. The summed E-state index contributed by atoms with van der Waals surface area (Å²) < 4.78 is 1.13. The molecule has 3 heteroatoms. The highest BCUT2D eigenvalue weighted by molar-refractivity contribution is 9.10. The molecule has 0 atom stereocenters. The summed E-state index contributed by atoms with van der Waals surface area (Å²) in [7, 11) is 0. The smallest absolute Gasteiger partial charge is 0.0383 e. The van der Waals surface area contributed by atoms with Crippen LogP contribution in [0.3, 0.4) is 0 Å². The largest absolute Gasteiger partial charge is 0.382 e. The minimum Gasteiger partial charge on any atom is -0.382 e. The van der Waals surface area contributed by atoms with Gasteiger partial charge in [0.25, 0.3) is 0 Å². The van der Waals surface area contributed by atoms with Gasteiger partial charge in [0.2, 0.25) is 0 Å². The lowest BCUT2D eigenvalue weighted by molar-refractivity contribution is 0.411. The molecule has 1 fully saturated rings. The fourth-order valence-electron chi connectivity index (χ4n) is 2.23. The van der Waals surface area contributed by atoms with Crippen LogP contribution in [0.15, 0.2) is 22.7 Å². The second kappa shape index (κ2) is 5.19. The lowest BCUT2D eigenvalue weighted by Crippen LogP contribution is -2.32. The topological polar surface area (TPSA) is 38.0 Å². The minimum atomic E-state index is 0.418. The molecule has 2 nitrogen and oxygen atoms in total. The molecule has 1 aliphatic carbocycles. The maximum absolute atomic E-state index is 5.91. The van der Waals surface area contributed by atoms with E-state index < -0.39 is 0 Å². The molecule has 1 aromatic carbocycles. The molecule has 0 aromatic heterocycles. The maximum Gasteiger partial charge on any atom is 0.0383 e. The Morgan fingerprint density at radius 3 is 2.62 bits per heavy atom. The summed E-state index contributed by atoms with van der Waals surface area (Å²) in [6.07, 6.45) is 4.66. The van der Waals surface area contributed by atoms with E-state index in [1.54, 1.807) is 0 Å². The molecule has 0 unspecified atom stereocenters. The van der Waals surface area contributed by atoms with Crippen LogP contribution in [0.5, 0.6) is 0 Å². The molecular formula is C13H19BrN2. The molecule has 0 radical (unpaired) electrons. The molecule has 0 aliphatic heterocycles. The summed E-state index contributed by atoms with van der Waals surface area (Å²) in [5, 5.41) is 3.62. The summed E-state index contributed by atoms with van der Waals surface area (Å²) in [6.45, 7) is 2.14. The first kappa shape index (κ1) is 11.9. The third-order valence-electron chi connectivity index (χ3n) is 3.33. The van der Waals surface area contributed by atoms with Gasteiger partial charge in [-0.3, -0.25) is 0 Å². The molecule has 3 N–H and O–H groups in total. The number of rotatable bonds is 2. The Morgan fingerprint density at radius 2 is 1.94 bits per heavy atom. The van der Waals surface area contributed by atoms with Crippen LogP contribution in [0.25, 0.3) is 0 Å². The lowest BCUT2D eigenvalue weighted by Gasteiger charge is -2.28. The number of hydrogen-bond acceptors (Lipinski definition) is 2. The Labute approximate surface area is 106 Å². The Balaban J connectivity index is 2.00. The Morgan fingerprint density at radius 1 is 1.25 bits per heavy atom. The average Bonchev–Trinajstić information content (AvgIpc) is 2.27. The van der Waals surface area contributed by atoms with Crippen molar-refractivity contribution >= 4 is 21.6 Å². The van der Waals surface area contributed by atoms with Crippen LogP contribution < -0.4 is 11.1 Å². The van der Waals surface area contributed by atoms with Crippen LogP contribution in [0.4, 0.5) is 5.69 Å². The van der Waals surface area contributed by atoms with Gasteiger partial charge >= 0.3 is 0 Å². The van der Waals surface area contributed by atoms with Crippen LogP contribution in [-0.2, 0) is 0 Å². The molecule has 88 valence electrons. The van der Waals surface area contributed by atoms with Crippen molar-refractivity contribution in [2.24, 2.45) is 5.73 Å². The van der Waals surface area contributed by atoms with Gasteiger partial charge in [0.1, 0.15) is 0 Å². The number of halogens is 1. The van der Waals surface area contributed by atoms with Crippen molar-refractivity contribution in [3.8, 4) is 0 Å². The van der Waals surface area contributed by atoms with Gasteiger partial charge in [0, 0.05) is 22.2 Å². The van der Waals surface area contributed by atoms with Crippen molar-refractivity contribution in [2.75, 3.05) is 5.32 Å². The number of benzene rings is 1. The van der Waals surface area contributed by atoms with Crippen molar-refractivity contribution in [3.05, 3.63) is 28.2 Å². The molecule has 1 aromatic rings. The summed E-state index contributed by atoms with van der Waals surface area (Å²) in [4.78, 5) is 0. The second-order valence-corrected chi connectivity index (χ2v) is 5.63. The molecular weight excluding hydrogens is 264 g/mol.